The highest BCUT2D eigenvalue weighted by Gasteiger charge is 2.10. The number of nitrogens with zero attached hydrogens (tertiary/aromatic N) is 2. The summed E-state index contributed by atoms with van der Waals surface area (Å²) in [6.45, 7) is 3.98. The molecule has 2 aromatic rings. The molecule has 0 saturated carbocycles. The molecule has 0 amide bonds. The van der Waals surface area contributed by atoms with Crippen LogP contribution in [-0.2, 0) is 0 Å². The average molecular weight is 300 g/mol. The molecule has 2 heterocycles. The number of aromatic hydroxyl groups is 1. The van der Waals surface area contributed by atoms with Crippen LogP contribution >= 0.6 is 0 Å². The third-order valence-corrected chi connectivity index (χ3v) is 3.89. The van der Waals surface area contributed by atoms with Gasteiger partial charge in [0, 0.05) is 24.5 Å². The van der Waals surface area contributed by atoms with Crippen LogP contribution in [0.2, 0.25) is 0 Å². The fraction of sp³-hybridized carbons (Fsp3) is 0.353. The predicted octanol–water partition coefficient (Wildman–Crippen LogP) is 2.02. The first kappa shape index (κ1) is 14.7. The van der Waals surface area contributed by atoms with Crippen molar-refractivity contribution in [1.29, 1.82) is 0 Å². The summed E-state index contributed by atoms with van der Waals surface area (Å²) in [5, 5.41) is 9.28. The number of likely N-dealkylation sites (tertiary alicyclic amines) is 1. The van der Waals surface area contributed by atoms with Crippen molar-refractivity contribution < 1.29 is 9.84 Å². The summed E-state index contributed by atoms with van der Waals surface area (Å²) in [5.41, 5.74) is 0.486. The van der Waals surface area contributed by atoms with Gasteiger partial charge >= 0.3 is 0 Å². The fourth-order valence-electron chi connectivity index (χ4n) is 2.68. The van der Waals surface area contributed by atoms with E-state index >= 15 is 0 Å². The average Bonchev–Trinajstić information content (AvgIpc) is 3.02. The highest BCUT2D eigenvalue weighted by molar-refractivity contribution is 5.38. The zero-order valence-corrected chi connectivity index (χ0v) is 12.4. The highest BCUT2D eigenvalue weighted by Crippen LogP contribution is 2.15. The Labute approximate surface area is 129 Å². The van der Waals surface area contributed by atoms with E-state index in [1.165, 1.54) is 42.6 Å². The number of ether oxygens (including phenoxy) is 1. The number of pyridine rings is 1. The lowest BCUT2D eigenvalue weighted by Crippen LogP contribution is -2.25. The van der Waals surface area contributed by atoms with Gasteiger partial charge in [0.1, 0.15) is 18.1 Å². The molecule has 0 atom stereocenters. The van der Waals surface area contributed by atoms with Gasteiger partial charge in [-0.05, 0) is 56.3 Å². The van der Waals surface area contributed by atoms with Crippen molar-refractivity contribution in [2.75, 3.05) is 26.2 Å². The highest BCUT2D eigenvalue weighted by atomic mass is 16.5. The molecule has 0 bridgehead atoms. The van der Waals surface area contributed by atoms with E-state index in [1.807, 2.05) is 24.3 Å². The van der Waals surface area contributed by atoms with Gasteiger partial charge in [-0.3, -0.25) is 14.3 Å². The Hall–Kier alpha value is -2.27. The molecule has 116 valence electrons. The van der Waals surface area contributed by atoms with Crippen molar-refractivity contribution in [3.63, 3.8) is 0 Å². The molecule has 0 radical (unpaired) electrons. The maximum Gasteiger partial charge on any atom is 0.258 e. The predicted molar refractivity (Wildman–Crippen MR) is 84.9 cm³/mol. The van der Waals surface area contributed by atoms with E-state index in [1.54, 1.807) is 6.20 Å². The molecule has 5 nitrogen and oxygen atoms in total. The van der Waals surface area contributed by atoms with Gasteiger partial charge in [0.15, 0.2) is 0 Å². The van der Waals surface area contributed by atoms with Gasteiger partial charge in [0.25, 0.3) is 5.56 Å². The van der Waals surface area contributed by atoms with Gasteiger partial charge in [-0.2, -0.15) is 0 Å². The van der Waals surface area contributed by atoms with E-state index in [-0.39, 0.29) is 11.3 Å². The summed E-state index contributed by atoms with van der Waals surface area (Å²) in [4.78, 5) is 14.2. The minimum Gasteiger partial charge on any atom is -0.508 e. The number of aromatic nitrogens is 1. The van der Waals surface area contributed by atoms with Gasteiger partial charge in [-0.15, -0.1) is 0 Å². The van der Waals surface area contributed by atoms with Gasteiger partial charge in [0.05, 0.1) is 0 Å². The van der Waals surface area contributed by atoms with Gasteiger partial charge in [-0.1, -0.05) is 0 Å². The van der Waals surface area contributed by atoms with Crippen LogP contribution in [0, 0.1) is 0 Å². The van der Waals surface area contributed by atoms with E-state index in [4.69, 9.17) is 4.74 Å². The molecule has 3 rings (SSSR count). The van der Waals surface area contributed by atoms with Crippen LogP contribution < -0.4 is 10.3 Å². The summed E-state index contributed by atoms with van der Waals surface area (Å²) in [6, 6.07) is 10.1. The lowest BCUT2D eigenvalue weighted by Gasteiger charge is -2.15. The molecular weight excluding hydrogens is 280 g/mol. The standard InChI is InChI=1S/C17H20N2O3/c20-15-7-10-19(17(21)13-15)14-3-5-16(6-4-14)22-12-11-18-8-1-2-9-18/h3-7,10,13,20H,1-2,8-9,11-12H2. The largest absolute Gasteiger partial charge is 0.508 e. The molecule has 1 fully saturated rings. The van der Waals surface area contributed by atoms with E-state index in [0.29, 0.717) is 6.61 Å². The zero-order valence-electron chi connectivity index (χ0n) is 12.4. The van der Waals surface area contributed by atoms with Crippen molar-refractivity contribution >= 4 is 0 Å². The minimum atomic E-state index is -0.261. The molecule has 22 heavy (non-hydrogen) atoms. The number of benzene rings is 1. The molecule has 0 unspecified atom stereocenters. The second kappa shape index (κ2) is 6.66. The SMILES string of the molecule is O=c1cc(O)ccn1-c1ccc(OCCN2CCCC2)cc1. The zero-order chi connectivity index (χ0) is 15.4. The maximum absolute atomic E-state index is 11.8. The summed E-state index contributed by atoms with van der Waals surface area (Å²) < 4.78 is 7.22. The van der Waals surface area contributed by atoms with Crippen molar-refractivity contribution in [2.45, 2.75) is 12.8 Å². The molecule has 1 aliphatic rings. The molecule has 1 aromatic carbocycles. The van der Waals surface area contributed by atoms with Crippen LogP contribution in [0.5, 0.6) is 11.5 Å². The molecule has 1 N–H and O–H groups in total. The summed E-state index contributed by atoms with van der Waals surface area (Å²) in [6.07, 6.45) is 4.13. The van der Waals surface area contributed by atoms with Gasteiger partial charge < -0.3 is 9.84 Å². The second-order valence-corrected chi connectivity index (χ2v) is 5.48. The molecule has 1 aliphatic heterocycles. The van der Waals surface area contributed by atoms with Crippen molar-refractivity contribution in [2.24, 2.45) is 0 Å². The van der Waals surface area contributed by atoms with Crippen LogP contribution in [0.15, 0.2) is 47.4 Å². The summed E-state index contributed by atoms with van der Waals surface area (Å²) in [7, 11) is 0. The van der Waals surface area contributed by atoms with E-state index in [9.17, 15) is 9.90 Å². The molecule has 1 saturated heterocycles. The number of hydrogen-bond donors (Lipinski definition) is 1. The summed E-state index contributed by atoms with van der Waals surface area (Å²) in [5.74, 6) is 0.776. The van der Waals surface area contributed by atoms with Crippen LogP contribution in [0.25, 0.3) is 5.69 Å². The fourth-order valence-corrected chi connectivity index (χ4v) is 2.68. The van der Waals surface area contributed by atoms with Gasteiger partial charge in [0.2, 0.25) is 0 Å². The first-order valence-corrected chi connectivity index (χ1v) is 7.60. The van der Waals surface area contributed by atoms with Gasteiger partial charge in [-0.25, -0.2) is 0 Å². The molecule has 5 heteroatoms. The smallest absolute Gasteiger partial charge is 0.258 e. The van der Waals surface area contributed by atoms with Crippen molar-refractivity contribution in [1.82, 2.24) is 9.47 Å². The lowest BCUT2D eigenvalue weighted by molar-refractivity contribution is 0.238. The Balaban J connectivity index is 1.61. The van der Waals surface area contributed by atoms with Crippen LogP contribution in [0.1, 0.15) is 12.8 Å². The maximum atomic E-state index is 11.8. The topological polar surface area (TPSA) is 54.7 Å². The first-order valence-electron chi connectivity index (χ1n) is 7.60. The van der Waals surface area contributed by atoms with Crippen LogP contribution in [0.3, 0.4) is 0 Å². The number of hydrogen-bond acceptors (Lipinski definition) is 4. The van der Waals surface area contributed by atoms with Crippen molar-refractivity contribution in [3.8, 4) is 17.2 Å². The Morgan fingerprint density at radius 1 is 1.09 bits per heavy atom. The van der Waals surface area contributed by atoms with Crippen LogP contribution in [-0.4, -0.2) is 40.8 Å². The van der Waals surface area contributed by atoms with Crippen molar-refractivity contribution in [3.05, 3.63) is 52.9 Å². The molecule has 1 aromatic heterocycles. The quantitative estimate of drug-likeness (QED) is 0.918. The van der Waals surface area contributed by atoms with E-state index in [2.05, 4.69) is 4.90 Å². The second-order valence-electron chi connectivity index (χ2n) is 5.48. The third-order valence-electron chi connectivity index (χ3n) is 3.89. The third kappa shape index (κ3) is 3.49. The minimum absolute atomic E-state index is 0.0249. The molecular formula is C17H20N2O3. The Bertz CT molecular complexity index is 673. The Morgan fingerprint density at radius 3 is 2.50 bits per heavy atom. The van der Waals surface area contributed by atoms with Crippen LogP contribution in [0.4, 0.5) is 0 Å². The monoisotopic (exact) mass is 300 g/mol. The first-order chi connectivity index (χ1) is 10.7. The molecule has 0 aliphatic carbocycles. The Morgan fingerprint density at radius 2 is 1.82 bits per heavy atom. The lowest BCUT2D eigenvalue weighted by atomic mass is 10.3. The normalized spacial score (nSPS) is 15.1. The Kier molecular flexibility index (Phi) is 4.44. The number of rotatable bonds is 5. The van der Waals surface area contributed by atoms with E-state index in [0.717, 1.165) is 18.0 Å². The molecule has 0 spiro atoms. The summed E-state index contributed by atoms with van der Waals surface area (Å²) >= 11 is 0. The van der Waals surface area contributed by atoms with E-state index < -0.39 is 0 Å².